The average molecular weight is 350 g/mol. The number of benzene rings is 2. The van der Waals surface area contributed by atoms with Crippen molar-refractivity contribution in [2.24, 2.45) is 16.3 Å². The Balaban J connectivity index is 1.90. The van der Waals surface area contributed by atoms with Gasteiger partial charge < -0.3 is 15.5 Å². The Morgan fingerprint density at radius 2 is 1.85 bits per heavy atom. The molecular weight excluding hydrogens is 328 g/mol. The van der Waals surface area contributed by atoms with E-state index in [0.29, 0.717) is 12.0 Å². The number of phenols is 2. The molecule has 1 saturated carbocycles. The lowest BCUT2D eigenvalue weighted by Gasteiger charge is -2.37. The number of fused-ring (bicyclic) bond motifs is 2. The van der Waals surface area contributed by atoms with E-state index in [2.05, 4.69) is 19.2 Å². The largest absolute Gasteiger partial charge is 0.504 e. The summed E-state index contributed by atoms with van der Waals surface area (Å²) in [6.45, 7) is 4.16. The number of Topliss-reactive ketones (excluding diaryl/α,β-unsaturated/α-hetero) is 1. The Morgan fingerprint density at radius 1 is 1.08 bits per heavy atom. The van der Waals surface area contributed by atoms with Gasteiger partial charge in [-0.25, -0.2) is 0 Å². The first-order valence-corrected chi connectivity index (χ1v) is 8.82. The van der Waals surface area contributed by atoms with Crippen molar-refractivity contribution in [3.63, 3.8) is 0 Å². The minimum atomic E-state index is -0.479. The van der Waals surface area contributed by atoms with Crippen molar-refractivity contribution in [2.75, 3.05) is 5.32 Å². The van der Waals surface area contributed by atoms with Gasteiger partial charge in [-0.1, -0.05) is 38.1 Å². The van der Waals surface area contributed by atoms with Gasteiger partial charge in [0, 0.05) is 17.7 Å². The predicted octanol–water partition coefficient (Wildman–Crippen LogP) is 4.34. The van der Waals surface area contributed by atoms with Crippen LogP contribution in [0.4, 0.5) is 11.4 Å². The Morgan fingerprint density at radius 3 is 2.65 bits per heavy atom. The lowest BCUT2D eigenvalue weighted by atomic mass is 9.68. The van der Waals surface area contributed by atoms with Gasteiger partial charge in [0.25, 0.3) is 0 Å². The SMILES string of the molecule is CC1(C)CC(=O)C2C(=Nc3ccccc3NC2c2cccc(O)c2O)C1. The van der Waals surface area contributed by atoms with E-state index in [1.807, 2.05) is 24.3 Å². The monoisotopic (exact) mass is 350 g/mol. The highest BCUT2D eigenvalue weighted by Crippen LogP contribution is 2.47. The molecule has 0 spiro atoms. The van der Waals surface area contributed by atoms with Crippen LogP contribution in [-0.2, 0) is 4.79 Å². The third-order valence-corrected chi connectivity index (χ3v) is 5.21. The molecule has 0 saturated heterocycles. The number of rotatable bonds is 1. The molecule has 2 unspecified atom stereocenters. The van der Waals surface area contributed by atoms with E-state index in [1.165, 1.54) is 6.07 Å². The summed E-state index contributed by atoms with van der Waals surface area (Å²) in [6, 6.07) is 12.0. The van der Waals surface area contributed by atoms with Gasteiger partial charge in [-0.3, -0.25) is 9.79 Å². The average Bonchev–Trinajstić information content (AvgIpc) is 2.72. The van der Waals surface area contributed by atoms with E-state index in [1.54, 1.807) is 12.1 Å². The Bertz CT molecular complexity index is 917. The molecule has 134 valence electrons. The molecule has 4 rings (SSSR count). The van der Waals surface area contributed by atoms with Crippen molar-refractivity contribution >= 4 is 22.9 Å². The molecule has 3 N–H and O–H groups in total. The first-order chi connectivity index (χ1) is 12.4. The zero-order valence-corrected chi connectivity index (χ0v) is 14.9. The number of aliphatic imine (C=N–C) groups is 1. The van der Waals surface area contributed by atoms with E-state index in [0.717, 1.165) is 23.5 Å². The van der Waals surface area contributed by atoms with E-state index in [-0.39, 0.29) is 22.7 Å². The van der Waals surface area contributed by atoms with E-state index >= 15 is 0 Å². The van der Waals surface area contributed by atoms with Gasteiger partial charge in [-0.2, -0.15) is 0 Å². The number of para-hydroxylation sites is 3. The van der Waals surface area contributed by atoms with Crippen LogP contribution < -0.4 is 5.32 Å². The second kappa shape index (κ2) is 5.87. The third kappa shape index (κ3) is 2.73. The van der Waals surface area contributed by atoms with E-state index < -0.39 is 12.0 Å². The van der Waals surface area contributed by atoms with Crippen molar-refractivity contribution in [1.82, 2.24) is 0 Å². The number of aromatic hydroxyl groups is 2. The number of phenolic OH excluding ortho intramolecular Hbond substituents is 2. The molecular formula is C21H22N2O3. The fourth-order valence-corrected chi connectivity index (χ4v) is 4.07. The highest BCUT2D eigenvalue weighted by molar-refractivity contribution is 6.10. The molecule has 1 aliphatic heterocycles. The standard InChI is InChI=1S/C21H22N2O3/c1-21(2)10-15-18(17(25)11-21)19(12-6-5-9-16(24)20(12)26)23-14-8-4-3-7-13(14)22-15/h3-9,18-19,23-24,26H,10-11H2,1-2H3. The molecule has 26 heavy (non-hydrogen) atoms. The topological polar surface area (TPSA) is 81.9 Å². The van der Waals surface area contributed by atoms with Crippen LogP contribution in [0, 0.1) is 11.3 Å². The first kappa shape index (κ1) is 16.6. The van der Waals surface area contributed by atoms with Crippen LogP contribution in [0.2, 0.25) is 0 Å². The van der Waals surface area contributed by atoms with Crippen molar-refractivity contribution in [3.05, 3.63) is 48.0 Å². The molecule has 5 heteroatoms. The van der Waals surface area contributed by atoms with Gasteiger partial charge in [0.1, 0.15) is 5.78 Å². The highest BCUT2D eigenvalue weighted by Gasteiger charge is 2.44. The first-order valence-electron chi connectivity index (χ1n) is 8.82. The molecule has 2 aromatic rings. The molecule has 0 amide bonds. The number of anilines is 1. The molecule has 0 aromatic heterocycles. The van der Waals surface area contributed by atoms with Crippen molar-refractivity contribution < 1.29 is 15.0 Å². The van der Waals surface area contributed by atoms with Crippen LogP contribution in [0.25, 0.3) is 0 Å². The minimum Gasteiger partial charge on any atom is -0.504 e. The van der Waals surface area contributed by atoms with Crippen LogP contribution in [0.15, 0.2) is 47.5 Å². The summed E-state index contributed by atoms with van der Waals surface area (Å²) >= 11 is 0. The maximum Gasteiger partial charge on any atom is 0.162 e. The number of ketones is 1. The van der Waals surface area contributed by atoms with E-state index in [9.17, 15) is 15.0 Å². The summed E-state index contributed by atoms with van der Waals surface area (Å²) in [4.78, 5) is 17.9. The lowest BCUT2D eigenvalue weighted by molar-refractivity contribution is -0.124. The number of hydrogen-bond donors (Lipinski definition) is 3. The van der Waals surface area contributed by atoms with Crippen LogP contribution in [0.3, 0.4) is 0 Å². The van der Waals surface area contributed by atoms with Crippen LogP contribution in [0.5, 0.6) is 11.5 Å². The maximum atomic E-state index is 13.1. The molecule has 5 nitrogen and oxygen atoms in total. The smallest absolute Gasteiger partial charge is 0.162 e. The normalized spacial score (nSPS) is 23.9. The summed E-state index contributed by atoms with van der Waals surface area (Å²) in [7, 11) is 0. The van der Waals surface area contributed by atoms with Gasteiger partial charge in [-0.05, 0) is 30.0 Å². The molecule has 1 fully saturated rings. The molecule has 1 heterocycles. The fraction of sp³-hybridized carbons (Fsp3) is 0.333. The molecule has 0 radical (unpaired) electrons. The predicted molar refractivity (Wildman–Crippen MR) is 101 cm³/mol. The maximum absolute atomic E-state index is 13.1. The van der Waals surface area contributed by atoms with E-state index in [4.69, 9.17) is 4.99 Å². The Hall–Kier alpha value is -2.82. The zero-order valence-electron chi connectivity index (χ0n) is 14.9. The number of nitrogens with one attached hydrogen (secondary N) is 1. The van der Waals surface area contributed by atoms with Gasteiger partial charge in [0.15, 0.2) is 11.5 Å². The molecule has 2 aromatic carbocycles. The summed E-state index contributed by atoms with van der Waals surface area (Å²) in [5.41, 5.74) is 2.80. The Labute approximate surface area is 152 Å². The van der Waals surface area contributed by atoms with Gasteiger partial charge in [0.2, 0.25) is 0 Å². The number of carbonyl (C=O) groups is 1. The molecule has 2 atom stereocenters. The van der Waals surface area contributed by atoms with Crippen LogP contribution in [0.1, 0.15) is 38.3 Å². The Kier molecular flexibility index (Phi) is 3.75. The molecule has 0 bridgehead atoms. The number of nitrogens with zero attached hydrogens (tertiary/aromatic N) is 1. The van der Waals surface area contributed by atoms with Gasteiger partial charge in [-0.15, -0.1) is 0 Å². The third-order valence-electron chi connectivity index (χ3n) is 5.21. The minimum absolute atomic E-state index is 0.105. The second-order valence-corrected chi connectivity index (χ2v) is 7.92. The lowest BCUT2D eigenvalue weighted by Crippen LogP contribution is -2.42. The zero-order chi connectivity index (χ0) is 18.5. The van der Waals surface area contributed by atoms with Gasteiger partial charge in [0.05, 0.1) is 23.3 Å². The van der Waals surface area contributed by atoms with Crippen molar-refractivity contribution in [3.8, 4) is 11.5 Å². The quantitative estimate of drug-likeness (QED) is 0.668. The van der Waals surface area contributed by atoms with Gasteiger partial charge >= 0.3 is 0 Å². The van der Waals surface area contributed by atoms with Crippen LogP contribution in [-0.4, -0.2) is 21.7 Å². The number of hydrogen-bond acceptors (Lipinski definition) is 5. The highest BCUT2D eigenvalue weighted by atomic mass is 16.3. The molecule has 1 aliphatic carbocycles. The van der Waals surface area contributed by atoms with Crippen LogP contribution >= 0.6 is 0 Å². The number of carbonyl (C=O) groups excluding carboxylic acids is 1. The summed E-state index contributed by atoms with van der Waals surface area (Å²) < 4.78 is 0. The van der Waals surface area contributed by atoms with Crippen molar-refractivity contribution in [1.29, 1.82) is 0 Å². The molecule has 2 aliphatic rings. The summed E-state index contributed by atoms with van der Waals surface area (Å²) in [5.74, 6) is -0.749. The fourth-order valence-electron chi connectivity index (χ4n) is 4.07. The second-order valence-electron chi connectivity index (χ2n) is 7.92. The summed E-state index contributed by atoms with van der Waals surface area (Å²) in [5, 5.41) is 23.8. The van der Waals surface area contributed by atoms with Crippen molar-refractivity contribution in [2.45, 2.75) is 32.7 Å². The summed E-state index contributed by atoms with van der Waals surface area (Å²) in [6.07, 6.45) is 1.18.